The molecule has 4 N–H and O–H groups in total. The fourth-order valence-corrected chi connectivity index (χ4v) is 0.345. The van der Waals surface area contributed by atoms with Crippen LogP contribution in [0.15, 0.2) is 0 Å². The van der Waals surface area contributed by atoms with E-state index in [1.807, 2.05) is 0 Å². The Bertz CT molecular complexity index is 135. The van der Waals surface area contributed by atoms with Crippen molar-refractivity contribution in [3.05, 3.63) is 20.2 Å². The fourth-order valence-electron chi connectivity index (χ4n) is 0.0422. The van der Waals surface area contributed by atoms with Crippen LogP contribution in [-0.2, 0) is 17.1 Å². The molecular weight excluding hydrogens is 315 g/mol. The van der Waals surface area contributed by atoms with Crippen molar-refractivity contribution in [3.63, 3.8) is 0 Å². The summed E-state index contributed by atoms with van der Waals surface area (Å²) in [6.45, 7) is 0. The zero-order valence-electron chi connectivity index (χ0n) is 4.00. The quantitative estimate of drug-likeness (QED) is 0.458. The summed E-state index contributed by atoms with van der Waals surface area (Å²) in [4.78, 5) is 19.3. The Balaban J connectivity index is 4.38. The molecule has 0 fully saturated rings. The summed E-state index contributed by atoms with van der Waals surface area (Å²) in [7, 11) is 0. The van der Waals surface area contributed by atoms with Gasteiger partial charge in [0, 0.05) is 0 Å². The van der Waals surface area contributed by atoms with Crippen LogP contribution >= 0.6 is 0 Å². The number of rotatable bonds is 2. The second-order valence-electron chi connectivity index (χ2n) is 0.875. The van der Waals surface area contributed by atoms with Crippen LogP contribution in [0.2, 0.25) is 0 Å². The average molecular weight is 319 g/mol. The molecule has 0 spiro atoms. The summed E-state index contributed by atoms with van der Waals surface area (Å²) in [6, 6.07) is 0. The van der Waals surface area contributed by atoms with Gasteiger partial charge in [0.2, 0.25) is 0 Å². The van der Waals surface area contributed by atoms with Gasteiger partial charge >= 0.3 is 52.8 Å². The van der Waals surface area contributed by atoms with Crippen LogP contribution in [0.25, 0.3) is 0 Å². The van der Waals surface area contributed by atoms with E-state index >= 15 is 0 Å². The van der Waals surface area contributed by atoms with Gasteiger partial charge in [-0.05, 0) is 0 Å². The molecule has 0 aliphatic heterocycles. The average Bonchev–Trinajstić information content (AvgIpc) is 1.65. The molecule has 0 aromatic carbocycles. The summed E-state index contributed by atoms with van der Waals surface area (Å²) >= 11 is -4.82. The molecule has 0 aliphatic carbocycles. The van der Waals surface area contributed by atoms with Crippen LogP contribution in [0.1, 0.15) is 0 Å². The summed E-state index contributed by atoms with van der Waals surface area (Å²) in [5.41, 5.74) is 0. The van der Waals surface area contributed by atoms with Gasteiger partial charge in [-0.15, -0.1) is 0 Å². The number of nitro groups is 2. The van der Waals surface area contributed by atoms with Crippen LogP contribution in [-0.4, -0.2) is 6.96 Å². The Morgan fingerprint density at radius 3 is 1.33 bits per heavy atom. The molecule has 58 valence electrons. The molecule has 0 amide bonds. The van der Waals surface area contributed by atoms with E-state index in [-0.39, 0.29) is 0 Å². The Labute approximate surface area is 53.5 Å². The van der Waals surface area contributed by atoms with Crippen LogP contribution in [0, 0.1) is 20.2 Å². The van der Waals surface area contributed by atoms with E-state index < -0.39 is 24.0 Å². The third-order valence-electron chi connectivity index (χ3n) is 0.370. The van der Waals surface area contributed by atoms with Gasteiger partial charge in [-0.2, -0.15) is 0 Å². The monoisotopic (exact) mass is 319 g/mol. The van der Waals surface area contributed by atoms with E-state index in [2.05, 4.69) is 8.58 Å². The molecule has 0 saturated heterocycles. The zero-order valence-corrected chi connectivity index (χ0v) is 6.27. The number of nitrogens with two attached hydrogens (primary N) is 2. The third-order valence-corrected chi connectivity index (χ3v) is 3.03. The van der Waals surface area contributed by atoms with Crippen molar-refractivity contribution in [2.45, 2.75) is 0 Å². The summed E-state index contributed by atoms with van der Waals surface area (Å²) in [6.07, 6.45) is 0. The van der Waals surface area contributed by atoms with E-state index in [4.69, 9.17) is 0 Å². The van der Waals surface area contributed by atoms with E-state index in [1.54, 1.807) is 0 Å². The molecule has 0 aromatic heterocycles. The molecule has 0 unspecified atom stereocenters. The van der Waals surface area contributed by atoms with Crippen molar-refractivity contribution in [1.82, 2.24) is 0 Å². The van der Waals surface area contributed by atoms with Gasteiger partial charge in [0.15, 0.2) is 0 Å². The fraction of sp³-hybridized carbons (Fsp3) is 0. The maximum absolute atomic E-state index is 9.66. The summed E-state index contributed by atoms with van der Waals surface area (Å²) in [5.74, 6) is 0. The molecule has 0 radical (unpaired) electrons. The molecule has 8 nitrogen and oxygen atoms in total. The first-order chi connectivity index (χ1) is 3.89. The van der Waals surface area contributed by atoms with Crippen LogP contribution < -0.4 is 8.58 Å². The predicted molar refractivity (Wildman–Crippen MR) is 22.4 cm³/mol. The van der Waals surface area contributed by atoms with E-state index in [9.17, 15) is 20.2 Å². The molecule has 0 aromatic rings. The van der Waals surface area contributed by atoms with Gasteiger partial charge in [-0.25, -0.2) is 0 Å². The Morgan fingerprint density at radius 1 is 1.11 bits per heavy atom. The van der Waals surface area contributed by atoms with E-state index in [1.165, 1.54) is 0 Å². The van der Waals surface area contributed by atoms with Crippen molar-refractivity contribution in [2.75, 3.05) is 0 Å². The normalized spacial score (nSPS) is 12.7. The minimum absolute atomic E-state index is 1.20. The van der Waals surface area contributed by atoms with Crippen molar-refractivity contribution >= 4 is 0 Å². The van der Waals surface area contributed by atoms with Crippen LogP contribution in [0.4, 0.5) is 0 Å². The van der Waals surface area contributed by atoms with Gasteiger partial charge in [-0.1, -0.05) is 0 Å². The number of hydrogen-bond acceptors (Lipinski definition) is 6. The molecule has 9 heavy (non-hydrogen) atoms. The van der Waals surface area contributed by atoms with Crippen molar-refractivity contribution < 1.29 is 24.0 Å². The van der Waals surface area contributed by atoms with Gasteiger partial charge in [0.1, 0.15) is 0 Å². The molecule has 0 heterocycles. The second kappa shape index (κ2) is 2.34. The van der Waals surface area contributed by atoms with Crippen molar-refractivity contribution in [3.8, 4) is 0 Å². The molecule has 0 rings (SSSR count). The van der Waals surface area contributed by atoms with Crippen LogP contribution in [0.3, 0.4) is 0 Å². The first-order valence-electron chi connectivity index (χ1n) is 1.38. The molecule has 0 saturated carbocycles. The van der Waals surface area contributed by atoms with Crippen molar-refractivity contribution in [1.29, 1.82) is 0 Å². The third kappa shape index (κ3) is 1.66. The summed E-state index contributed by atoms with van der Waals surface area (Å²) < 4.78 is 6.72. The van der Waals surface area contributed by atoms with Gasteiger partial charge < -0.3 is 0 Å². The van der Waals surface area contributed by atoms with Gasteiger partial charge in [-0.3, -0.25) is 0 Å². The second-order valence-corrected chi connectivity index (χ2v) is 6.09. The maximum atomic E-state index is 9.66. The van der Waals surface area contributed by atoms with Crippen molar-refractivity contribution in [2.24, 2.45) is 8.58 Å². The molecule has 0 atom stereocenters. The molecular formula is H4N4O4Pt. The zero-order chi connectivity index (χ0) is 7.65. The molecule has 9 heteroatoms. The Hall–Kier alpha value is -0.592. The molecule has 0 bridgehead atoms. The first kappa shape index (κ1) is 8.41. The molecule has 0 aliphatic rings. The minimum atomic E-state index is -4.82. The van der Waals surface area contributed by atoms with E-state index in [0.29, 0.717) is 0 Å². The number of nitrogens with zero attached hydrogens (tertiary/aromatic N) is 2. The first-order valence-corrected chi connectivity index (χ1v) is 6.03. The van der Waals surface area contributed by atoms with E-state index in [0.717, 1.165) is 0 Å². The standard InChI is InChI=1S/2NO2.2H2N.Pt/c2*2-1-3;;;/h;;2*1H2;/q;;2*-1;+2. The number of hydrogen-bond donors (Lipinski definition) is 2. The summed E-state index contributed by atoms with van der Waals surface area (Å²) in [5, 5.41) is 19.3. The van der Waals surface area contributed by atoms with Crippen LogP contribution in [0.5, 0.6) is 0 Å². The van der Waals surface area contributed by atoms with Gasteiger partial charge in [0.25, 0.3) is 0 Å². The predicted octanol–water partition coefficient (Wildman–Crippen LogP) is -1.73. The topological polar surface area (TPSA) is 138 Å². The Kier molecular flexibility index (Phi) is 2.18. The van der Waals surface area contributed by atoms with Gasteiger partial charge in [0.05, 0.1) is 0 Å². The SMILES string of the molecule is [NH2][Pt]([NH2])([N+](=O)[O-])[N+](=O)[O-]. The Morgan fingerprint density at radius 2 is 1.33 bits per heavy atom.